The maximum Gasteiger partial charge on any atom is 0.410 e. The van der Waals surface area contributed by atoms with E-state index in [-0.39, 0.29) is 40.9 Å². The number of halogens is 1. The first kappa shape index (κ1) is 24.3. The smallest absolute Gasteiger partial charge is 0.410 e. The molecule has 0 radical (unpaired) electrons. The molecule has 2 heterocycles. The zero-order valence-corrected chi connectivity index (χ0v) is 22.3. The molecule has 0 bridgehead atoms. The van der Waals surface area contributed by atoms with Gasteiger partial charge >= 0.3 is 6.09 Å². The van der Waals surface area contributed by atoms with Crippen LogP contribution < -0.4 is 0 Å². The van der Waals surface area contributed by atoms with Crippen molar-refractivity contribution < 1.29 is 18.3 Å². The van der Waals surface area contributed by atoms with Crippen molar-refractivity contribution in [1.82, 2.24) is 9.88 Å². The van der Waals surface area contributed by atoms with Gasteiger partial charge in [0.2, 0.25) is 0 Å². The number of aromatic amines is 1. The molecule has 2 aromatic rings. The lowest BCUT2D eigenvalue weighted by Crippen LogP contribution is -2.46. The Bertz CT molecular complexity index is 1040. The van der Waals surface area contributed by atoms with Gasteiger partial charge in [-0.15, -0.1) is 0 Å². The molecule has 0 spiro atoms. The van der Waals surface area contributed by atoms with Gasteiger partial charge in [-0.1, -0.05) is 20.8 Å². The highest BCUT2D eigenvalue weighted by molar-refractivity contribution is 6.74. The summed E-state index contributed by atoms with van der Waals surface area (Å²) in [6, 6.07) is 4.91. The predicted octanol–water partition coefficient (Wildman–Crippen LogP) is 6.81. The van der Waals surface area contributed by atoms with E-state index < -0.39 is 13.9 Å². The van der Waals surface area contributed by atoms with E-state index in [1.54, 1.807) is 0 Å². The number of rotatable bonds is 3. The lowest BCUT2D eigenvalue weighted by Gasteiger charge is -2.39. The van der Waals surface area contributed by atoms with Crippen LogP contribution in [0.25, 0.3) is 10.9 Å². The van der Waals surface area contributed by atoms with Gasteiger partial charge in [0.1, 0.15) is 11.4 Å². The summed E-state index contributed by atoms with van der Waals surface area (Å²) in [7, 11) is -2.01. The molecule has 33 heavy (non-hydrogen) atoms. The first-order chi connectivity index (χ1) is 15.2. The fraction of sp³-hybridized carbons (Fsp3) is 0.654. The van der Waals surface area contributed by atoms with E-state index in [0.29, 0.717) is 6.54 Å². The van der Waals surface area contributed by atoms with Gasteiger partial charge in [0.25, 0.3) is 0 Å². The molecule has 1 aliphatic heterocycles. The molecule has 2 fully saturated rings. The number of likely N-dealkylation sites (tertiary alicyclic amines) is 1. The van der Waals surface area contributed by atoms with Crippen molar-refractivity contribution in [2.45, 2.75) is 96.2 Å². The normalized spacial score (nSPS) is 26.2. The quantitative estimate of drug-likeness (QED) is 0.497. The Labute approximate surface area is 198 Å². The zero-order chi connectivity index (χ0) is 24.3. The van der Waals surface area contributed by atoms with Crippen LogP contribution in [0.15, 0.2) is 24.4 Å². The van der Waals surface area contributed by atoms with E-state index >= 15 is 0 Å². The average Bonchev–Trinajstić information content (AvgIpc) is 3.33. The van der Waals surface area contributed by atoms with E-state index in [1.165, 1.54) is 12.1 Å². The number of carbonyl (C=O) groups is 1. The lowest BCUT2D eigenvalue weighted by atomic mass is 9.91. The fourth-order valence-electron chi connectivity index (χ4n) is 5.28. The summed E-state index contributed by atoms with van der Waals surface area (Å²) in [6.07, 6.45) is 3.71. The third kappa shape index (κ3) is 4.58. The Morgan fingerprint density at radius 1 is 1.15 bits per heavy atom. The number of nitrogens with zero attached hydrogens (tertiary/aromatic N) is 1. The monoisotopic (exact) mass is 474 g/mol. The molecule has 1 aromatic heterocycles. The van der Waals surface area contributed by atoms with Gasteiger partial charge in [-0.2, -0.15) is 0 Å². The number of hydrogen-bond donors (Lipinski definition) is 1. The molecule has 2 aliphatic rings. The Morgan fingerprint density at radius 3 is 2.48 bits per heavy atom. The second-order valence-electron chi connectivity index (χ2n) is 12.3. The van der Waals surface area contributed by atoms with E-state index in [4.69, 9.17) is 9.16 Å². The molecule has 1 saturated carbocycles. The van der Waals surface area contributed by atoms with Gasteiger partial charge in [0, 0.05) is 41.5 Å². The fourth-order valence-corrected chi connectivity index (χ4v) is 6.64. The van der Waals surface area contributed by atoms with Crippen LogP contribution in [-0.4, -0.2) is 48.6 Å². The molecule has 1 amide bonds. The van der Waals surface area contributed by atoms with Crippen molar-refractivity contribution in [3.05, 3.63) is 35.8 Å². The Balaban J connectivity index is 1.69. The standard InChI is InChI=1S/C26H39FN2O3Si/c1-25(2,3)31-24(30)29-15-22(32-33(7,8)26(4,5)6)19-12-11-18(23(19)29)20-14-28-21-13-16(27)9-10-17(20)21/h9-10,13-14,18-19,22-23,28H,11-12,15H2,1-8H3/t18-,19-,22-,23-/m1/s1. The predicted molar refractivity (Wildman–Crippen MR) is 133 cm³/mol. The van der Waals surface area contributed by atoms with Crippen molar-refractivity contribution in [3.63, 3.8) is 0 Å². The topological polar surface area (TPSA) is 54.6 Å². The van der Waals surface area contributed by atoms with Crippen molar-refractivity contribution in [1.29, 1.82) is 0 Å². The molecule has 5 nitrogen and oxygen atoms in total. The molecule has 1 aliphatic carbocycles. The zero-order valence-electron chi connectivity index (χ0n) is 21.3. The van der Waals surface area contributed by atoms with Crippen LogP contribution in [0.2, 0.25) is 18.1 Å². The summed E-state index contributed by atoms with van der Waals surface area (Å²) in [5.74, 6) is 0.177. The number of hydrogen-bond acceptors (Lipinski definition) is 3. The number of fused-ring (bicyclic) bond motifs is 2. The van der Waals surface area contributed by atoms with E-state index in [0.717, 1.165) is 29.3 Å². The Morgan fingerprint density at radius 2 is 1.85 bits per heavy atom. The van der Waals surface area contributed by atoms with Gasteiger partial charge in [-0.25, -0.2) is 9.18 Å². The average molecular weight is 475 g/mol. The maximum absolute atomic E-state index is 13.8. The van der Waals surface area contributed by atoms with Crippen LogP contribution in [-0.2, 0) is 9.16 Å². The molecular weight excluding hydrogens is 435 g/mol. The number of amides is 1. The van der Waals surface area contributed by atoms with Gasteiger partial charge in [0.15, 0.2) is 8.32 Å². The van der Waals surface area contributed by atoms with E-state index in [9.17, 15) is 9.18 Å². The van der Waals surface area contributed by atoms with Gasteiger partial charge in [-0.05, 0) is 75.5 Å². The maximum atomic E-state index is 13.8. The second-order valence-corrected chi connectivity index (χ2v) is 17.1. The molecule has 182 valence electrons. The van der Waals surface area contributed by atoms with Crippen LogP contribution in [0.4, 0.5) is 9.18 Å². The van der Waals surface area contributed by atoms with E-state index in [2.05, 4.69) is 38.8 Å². The lowest BCUT2D eigenvalue weighted by molar-refractivity contribution is 0.0194. The molecular formula is C26H39FN2O3Si. The number of benzene rings is 1. The third-order valence-electron chi connectivity index (χ3n) is 7.83. The highest BCUT2D eigenvalue weighted by Gasteiger charge is 2.55. The molecule has 7 heteroatoms. The first-order valence-electron chi connectivity index (χ1n) is 12.1. The van der Waals surface area contributed by atoms with Gasteiger partial charge < -0.3 is 19.0 Å². The molecule has 4 rings (SSSR count). The minimum absolute atomic E-state index is 0.0102. The minimum Gasteiger partial charge on any atom is -0.444 e. The minimum atomic E-state index is -2.01. The molecule has 1 aromatic carbocycles. The number of ether oxygens (including phenoxy) is 1. The second kappa shape index (κ2) is 8.12. The number of H-pyrrole nitrogens is 1. The summed E-state index contributed by atoms with van der Waals surface area (Å²) in [5, 5.41) is 1.13. The van der Waals surface area contributed by atoms with Gasteiger partial charge in [-0.3, -0.25) is 0 Å². The van der Waals surface area contributed by atoms with E-state index in [1.807, 2.05) is 37.9 Å². The Hall–Kier alpha value is -1.86. The van der Waals surface area contributed by atoms with Crippen molar-refractivity contribution >= 4 is 25.3 Å². The summed E-state index contributed by atoms with van der Waals surface area (Å²) in [6.45, 7) is 17.6. The molecule has 0 unspecified atom stereocenters. The number of nitrogens with one attached hydrogen (secondary N) is 1. The summed E-state index contributed by atoms with van der Waals surface area (Å²) in [4.78, 5) is 18.5. The summed E-state index contributed by atoms with van der Waals surface area (Å²) < 4.78 is 26.5. The van der Waals surface area contributed by atoms with Crippen molar-refractivity contribution in [2.24, 2.45) is 5.92 Å². The SMILES string of the molecule is CC(C)(C)OC(=O)N1C[C@@H](O[Si](C)(C)C(C)(C)C)[C@H]2CC[C@H](c3c[nH]c4cc(F)ccc34)[C@H]21. The van der Waals surface area contributed by atoms with Crippen molar-refractivity contribution in [3.8, 4) is 0 Å². The van der Waals surface area contributed by atoms with Crippen LogP contribution in [0.1, 0.15) is 65.9 Å². The summed E-state index contributed by atoms with van der Waals surface area (Å²) >= 11 is 0. The largest absolute Gasteiger partial charge is 0.444 e. The van der Waals surface area contributed by atoms with Crippen LogP contribution in [0, 0.1) is 11.7 Å². The van der Waals surface area contributed by atoms with Gasteiger partial charge in [0.05, 0.1) is 6.10 Å². The molecule has 1 saturated heterocycles. The molecule has 4 atom stereocenters. The number of aromatic nitrogens is 1. The van der Waals surface area contributed by atoms with Crippen LogP contribution >= 0.6 is 0 Å². The first-order valence-corrected chi connectivity index (χ1v) is 15.0. The highest BCUT2D eigenvalue weighted by atomic mass is 28.4. The highest BCUT2D eigenvalue weighted by Crippen LogP contribution is 2.51. The van der Waals surface area contributed by atoms with Crippen LogP contribution in [0.5, 0.6) is 0 Å². The van der Waals surface area contributed by atoms with Crippen LogP contribution in [0.3, 0.4) is 0 Å². The third-order valence-corrected chi connectivity index (χ3v) is 12.3. The number of carbonyl (C=O) groups excluding carboxylic acids is 1. The summed E-state index contributed by atoms with van der Waals surface area (Å²) in [5.41, 5.74) is 1.39. The Kier molecular flexibility index (Phi) is 5.97. The van der Waals surface area contributed by atoms with Crippen molar-refractivity contribution in [2.75, 3.05) is 6.54 Å². The molecule has 1 N–H and O–H groups in total.